The first-order valence-electron chi connectivity index (χ1n) is 3.22. The monoisotopic (exact) mass is 146 g/mol. The van der Waals surface area contributed by atoms with Gasteiger partial charge in [-0.05, 0) is 6.07 Å². The topological polar surface area (TPSA) is 54.5 Å². The first kappa shape index (κ1) is 6.03. The minimum atomic E-state index is 0.883. The Kier molecular flexibility index (Phi) is 1.37. The number of nitrogens with zero attached hydrogens (tertiary/aromatic N) is 3. The fraction of sp³-hybridized carbons (Fsp3) is 0. The Morgan fingerprint density at radius 3 is 3.00 bits per heavy atom. The Morgan fingerprint density at radius 2 is 2.36 bits per heavy atom. The number of hydrogen-bond donors (Lipinski definition) is 1. The van der Waals surface area contributed by atoms with E-state index in [4.69, 9.17) is 0 Å². The second-order valence-corrected chi connectivity index (χ2v) is 2.08. The lowest BCUT2D eigenvalue weighted by molar-refractivity contribution is 1.09. The van der Waals surface area contributed by atoms with E-state index in [1.807, 2.05) is 6.07 Å². The largest absolute Gasteiger partial charge is 0.285 e. The summed E-state index contributed by atoms with van der Waals surface area (Å²) in [4.78, 5) is 7.86. The van der Waals surface area contributed by atoms with Crippen molar-refractivity contribution in [3.8, 4) is 11.3 Å². The molecule has 2 rings (SSSR count). The first-order valence-corrected chi connectivity index (χ1v) is 3.22. The van der Waals surface area contributed by atoms with Crippen LogP contribution in [0.15, 0.2) is 31.0 Å². The van der Waals surface area contributed by atoms with Crippen molar-refractivity contribution in [3.05, 3.63) is 31.0 Å². The Hall–Kier alpha value is -1.71. The summed E-state index contributed by atoms with van der Waals surface area (Å²) in [6.07, 6.45) is 6.74. The molecule has 1 N–H and O–H groups in total. The quantitative estimate of drug-likeness (QED) is 0.649. The van der Waals surface area contributed by atoms with Gasteiger partial charge < -0.3 is 0 Å². The number of aromatic nitrogens is 4. The molecule has 0 radical (unpaired) electrons. The van der Waals surface area contributed by atoms with Gasteiger partial charge in [-0.1, -0.05) is 0 Å². The lowest BCUT2D eigenvalue weighted by atomic mass is 10.2. The maximum atomic E-state index is 4.05. The zero-order chi connectivity index (χ0) is 7.52. The van der Waals surface area contributed by atoms with E-state index in [-0.39, 0.29) is 0 Å². The lowest BCUT2D eigenvalue weighted by Crippen LogP contribution is -1.80. The second-order valence-electron chi connectivity index (χ2n) is 2.08. The third kappa shape index (κ3) is 1.10. The summed E-state index contributed by atoms with van der Waals surface area (Å²) in [5, 5.41) is 6.53. The summed E-state index contributed by atoms with van der Waals surface area (Å²) in [6, 6.07) is 1.84. The fourth-order valence-corrected chi connectivity index (χ4v) is 0.852. The molecule has 4 heteroatoms. The molecular weight excluding hydrogens is 140 g/mol. The van der Waals surface area contributed by atoms with Crippen LogP contribution in [0.4, 0.5) is 0 Å². The number of H-pyrrole nitrogens is 1. The van der Waals surface area contributed by atoms with E-state index in [9.17, 15) is 0 Å². The van der Waals surface area contributed by atoms with Crippen LogP contribution in [0.1, 0.15) is 0 Å². The van der Waals surface area contributed by atoms with Gasteiger partial charge >= 0.3 is 0 Å². The van der Waals surface area contributed by atoms with Crippen LogP contribution >= 0.6 is 0 Å². The molecule has 0 saturated carbocycles. The molecule has 2 aromatic heterocycles. The fourth-order valence-electron chi connectivity index (χ4n) is 0.852. The minimum absolute atomic E-state index is 0.883. The van der Waals surface area contributed by atoms with Crippen molar-refractivity contribution in [1.82, 2.24) is 20.2 Å². The van der Waals surface area contributed by atoms with Crippen molar-refractivity contribution in [2.75, 3.05) is 0 Å². The van der Waals surface area contributed by atoms with Gasteiger partial charge in [0.05, 0.1) is 11.9 Å². The van der Waals surface area contributed by atoms with Gasteiger partial charge in [-0.25, -0.2) is 9.97 Å². The number of rotatable bonds is 1. The molecule has 0 aliphatic rings. The standard InChI is InChI=1S/C7H6N4/c1-2-8-5-9-7(1)6-3-10-11-4-6/h1-5H,(H,10,11). The van der Waals surface area contributed by atoms with E-state index in [2.05, 4.69) is 20.2 Å². The maximum Gasteiger partial charge on any atom is 0.116 e. The van der Waals surface area contributed by atoms with E-state index in [1.165, 1.54) is 6.33 Å². The van der Waals surface area contributed by atoms with Crippen molar-refractivity contribution in [1.29, 1.82) is 0 Å². The average molecular weight is 146 g/mol. The van der Waals surface area contributed by atoms with E-state index < -0.39 is 0 Å². The zero-order valence-electron chi connectivity index (χ0n) is 5.73. The van der Waals surface area contributed by atoms with Crippen LogP contribution < -0.4 is 0 Å². The van der Waals surface area contributed by atoms with Crippen LogP contribution in [0.5, 0.6) is 0 Å². The van der Waals surface area contributed by atoms with Crippen LogP contribution in [-0.4, -0.2) is 20.2 Å². The second kappa shape index (κ2) is 2.49. The van der Waals surface area contributed by atoms with Crippen molar-refractivity contribution >= 4 is 0 Å². The van der Waals surface area contributed by atoms with Crippen LogP contribution in [0, 0.1) is 0 Å². The van der Waals surface area contributed by atoms with Gasteiger partial charge in [0.1, 0.15) is 6.33 Å². The molecule has 0 fully saturated rings. The number of nitrogens with one attached hydrogen (secondary N) is 1. The molecular formula is C7H6N4. The molecule has 4 nitrogen and oxygen atoms in total. The van der Waals surface area contributed by atoms with Gasteiger partial charge in [0.25, 0.3) is 0 Å². The van der Waals surface area contributed by atoms with Gasteiger partial charge in [-0.15, -0.1) is 0 Å². The van der Waals surface area contributed by atoms with E-state index in [0.717, 1.165) is 11.3 Å². The summed E-state index contributed by atoms with van der Waals surface area (Å²) < 4.78 is 0. The van der Waals surface area contributed by atoms with E-state index in [0.29, 0.717) is 0 Å². The SMILES string of the molecule is c1cc(-c2cn[nH]c2)ncn1. The van der Waals surface area contributed by atoms with Gasteiger partial charge in [0, 0.05) is 18.0 Å². The van der Waals surface area contributed by atoms with Crippen LogP contribution in [0.25, 0.3) is 11.3 Å². The summed E-state index contributed by atoms with van der Waals surface area (Å²) in [6.45, 7) is 0. The molecule has 0 aliphatic heterocycles. The third-order valence-electron chi connectivity index (χ3n) is 1.38. The van der Waals surface area contributed by atoms with Gasteiger partial charge in [0.2, 0.25) is 0 Å². The van der Waals surface area contributed by atoms with Gasteiger partial charge in [0.15, 0.2) is 0 Å². The number of hydrogen-bond acceptors (Lipinski definition) is 3. The minimum Gasteiger partial charge on any atom is -0.285 e. The zero-order valence-corrected chi connectivity index (χ0v) is 5.73. The van der Waals surface area contributed by atoms with Crippen molar-refractivity contribution < 1.29 is 0 Å². The molecule has 0 atom stereocenters. The van der Waals surface area contributed by atoms with Gasteiger partial charge in [-0.2, -0.15) is 5.10 Å². The van der Waals surface area contributed by atoms with Crippen LogP contribution in [0.3, 0.4) is 0 Å². The maximum absolute atomic E-state index is 4.05. The predicted molar refractivity (Wildman–Crippen MR) is 39.6 cm³/mol. The van der Waals surface area contributed by atoms with Crippen molar-refractivity contribution in [2.24, 2.45) is 0 Å². The molecule has 0 amide bonds. The van der Waals surface area contributed by atoms with Gasteiger partial charge in [-0.3, -0.25) is 5.10 Å². The Bertz CT molecular complexity index is 313. The highest BCUT2D eigenvalue weighted by Gasteiger charge is 1.96. The third-order valence-corrected chi connectivity index (χ3v) is 1.38. The average Bonchev–Trinajstić information content (AvgIpc) is 2.58. The first-order chi connectivity index (χ1) is 5.47. The molecule has 2 aromatic rings. The normalized spacial score (nSPS) is 9.82. The Balaban J connectivity index is 2.46. The molecule has 0 aliphatic carbocycles. The summed E-state index contributed by atoms with van der Waals surface area (Å²) in [5.74, 6) is 0. The number of aromatic amines is 1. The highest BCUT2D eigenvalue weighted by atomic mass is 15.1. The van der Waals surface area contributed by atoms with Crippen LogP contribution in [-0.2, 0) is 0 Å². The molecule has 0 spiro atoms. The van der Waals surface area contributed by atoms with Crippen LogP contribution in [0.2, 0.25) is 0 Å². The lowest BCUT2D eigenvalue weighted by Gasteiger charge is -1.90. The molecule has 0 saturated heterocycles. The predicted octanol–water partition coefficient (Wildman–Crippen LogP) is 0.867. The van der Waals surface area contributed by atoms with E-state index in [1.54, 1.807) is 18.6 Å². The Labute approximate surface area is 63.3 Å². The molecule has 54 valence electrons. The Morgan fingerprint density at radius 1 is 1.36 bits per heavy atom. The summed E-state index contributed by atoms with van der Waals surface area (Å²) in [7, 11) is 0. The van der Waals surface area contributed by atoms with Crippen molar-refractivity contribution in [2.45, 2.75) is 0 Å². The molecule has 0 unspecified atom stereocenters. The molecule has 0 aromatic carbocycles. The summed E-state index contributed by atoms with van der Waals surface area (Å²) >= 11 is 0. The van der Waals surface area contributed by atoms with E-state index >= 15 is 0 Å². The molecule has 2 heterocycles. The summed E-state index contributed by atoms with van der Waals surface area (Å²) in [5.41, 5.74) is 1.86. The van der Waals surface area contributed by atoms with Crippen molar-refractivity contribution in [3.63, 3.8) is 0 Å². The molecule has 11 heavy (non-hydrogen) atoms. The highest BCUT2D eigenvalue weighted by Crippen LogP contribution is 2.11. The molecule has 0 bridgehead atoms. The highest BCUT2D eigenvalue weighted by molar-refractivity contribution is 5.55. The smallest absolute Gasteiger partial charge is 0.116 e.